The van der Waals surface area contributed by atoms with E-state index in [2.05, 4.69) is 0 Å². The van der Waals surface area contributed by atoms with Gasteiger partial charge in [0, 0.05) is 30.6 Å². The smallest absolute Gasteiger partial charge is 0.269 e. The van der Waals surface area contributed by atoms with Crippen molar-refractivity contribution in [2.24, 2.45) is 0 Å². The fourth-order valence-electron chi connectivity index (χ4n) is 1.26. The maximum atomic E-state index is 11.7. The number of benzene rings is 1. The largest absolute Gasteiger partial charge is 0.344 e. The number of thioether (sulfide) groups is 1. The van der Waals surface area contributed by atoms with Crippen LogP contribution in [0.5, 0.6) is 0 Å². The minimum atomic E-state index is -0.463. The molecule has 0 bridgehead atoms. The average Bonchev–Trinajstić information content (AvgIpc) is 2.42. The van der Waals surface area contributed by atoms with Crippen molar-refractivity contribution in [2.75, 3.05) is 19.3 Å². The van der Waals surface area contributed by atoms with Gasteiger partial charge in [0.2, 0.25) is 5.91 Å². The van der Waals surface area contributed by atoms with Crippen molar-refractivity contribution >= 4 is 23.4 Å². The van der Waals surface area contributed by atoms with Gasteiger partial charge in [0.05, 0.1) is 23.2 Å². The second kappa shape index (κ2) is 7.38. The van der Waals surface area contributed by atoms with Crippen LogP contribution in [0.3, 0.4) is 0 Å². The Hall–Kier alpha value is -2.07. The van der Waals surface area contributed by atoms with Gasteiger partial charge in [-0.1, -0.05) is 0 Å². The molecule has 0 fully saturated rings. The molecule has 0 aliphatic carbocycles. The van der Waals surface area contributed by atoms with Gasteiger partial charge in [-0.15, -0.1) is 11.8 Å². The highest BCUT2D eigenvalue weighted by Gasteiger charge is 2.09. The number of hydrogen-bond donors (Lipinski definition) is 0. The highest BCUT2D eigenvalue weighted by molar-refractivity contribution is 8.00. The van der Waals surface area contributed by atoms with E-state index in [0.29, 0.717) is 13.0 Å². The maximum absolute atomic E-state index is 11.7. The number of hydrogen-bond acceptors (Lipinski definition) is 5. The monoisotopic (exact) mass is 279 g/mol. The Morgan fingerprint density at radius 1 is 1.47 bits per heavy atom. The molecule has 0 radical (unpaired) electrons. The van der Waals surface area contributed by atoms with Gasteiger partial charge in [-0.3, -0.25) is 14.9 Å². The lowest BCUT2D eigenvalue weighted by atomic mass is 10.3. The van der Waals surface area contributed by atoms with Crippen molar-refractivity contribution in [1.29, 1.82) is 5.26 Å². The van der Waals surface area contributed by atoms with Gasteiger partial charge in [0.15, 0.2) is 0 Å². The van der Waals surface area contributed by atoms with Crippen molar-refractivity contribution in [1.82, 2.24) is 4.90 Å². The van der Waals surface area contributed by atoms with Gasteiger partial charge < -0.3 is 4.90 Å². The van der Waals surface area contributed by atoms with E-state index in [1.54, 1.807) is 19.2 Å². The van der Waals surface area contributed by atoms with Crippen LogP contribution >= 0.6 is 11.8 Å². The molecule has 0 atom stereocenters. The van der Waals surface area contributed by atoms with Crippen molar-refractivity contribution in [2.45, 2.75) is 11.3 Å². The molecule has 0 saturated carbocycles. The van der Waals surface area contributed by atoms with E-state index in [9.17, 15) is 14.9 Å². The molecule has 0 aliphatic rings. The number of carbonyl (C=O) groups excluding carboxylic acids is 1. The number of nitriles is 1. The second-order valence-corrected chi connectivity index (χ2v) is 4.81. The summed E-state index contributed by atoms with van der Waals surface area (Å²) in [7, 11) is 1.65. The lowest BCUT2D eigenvalue weighted by Gasteiger charge is -2.14. The molecular formula is C12H13N3O3S. The minimum absolute atomic E-state index is 0.0295. The summed E-state index contributed by atoms with van der Waals surface area (Å²) < 4.78 is 0. The first kappa shape index (κ1) is 15.0. The Balaban J connectivity index is 2.46. The van der Waals surface area contributed by atoms with Gasteiger partial charge in [0.1, 0.15) is 0 Å². The summed E-state index contributed by atoms with van der Waals surface area (Å²) >= 11 is 1.31. The van der Waals surface area contributed by atoms with E-state index < -0.39 is 4.92 Å². The first-order valence-electron chi connectivity index (χ1n) is 5.52. The quantitative estimate of drug-likeness (QED) is 0.452. The topological polar surface area (TPSA) is 87.2 Å². The van der Waals surface area contributed by atoms with Crippen LogP contribution in [0.4, 0.5) is 5.69 Å². The van der Waals surface area contributed by atoms with E-state index in [1.807, 2.05) is 6.07 Å². The molecule has 0 heterocycles. The zero-order chi connectivity index (χ0) is 14.3. The number of nitrogens with zero attached hydrogens (tertiary/aromatic N) is 3. The third kappa shape index (κ3) is 4.97. The Bertz CT molecular complexity index is 496. The molecule has 1 aromatic carbocycles. The highest BCUT2D eigenvalue weighted by Crippen LogP contribution is 2.21. The Labute approximate surface area is 115 Å². The fraction of sp³-hybridized carbons (Fsp3) is 0.333. The molecular weight excluding hydrogens is 266 g/mol. The van der Waals surface area contributed by atoms with Crippen molar-refractivity contribution in [3.05, 3.63) is 34.4 Å². The SMILES string of the molecule is CN(CCC#N)C(=O)CSc1ccc([N+](=O)[O-])cc1. The molecule has 1 amide bonds. The molecule has 1 rings (SSSR count). The van der Waals surface area contributed by atoms with E-state index in [0.717, 1.165) is 4.90 Å². The van der Waals surface area contributed by atoms with E-state index in [1.165, 1.54) is 28.8 Å². The summed E-state index contributed by atoms with van der Waals surface area (Å²) in [5, 5.41) is 18.9. The molecule has 0 spiro atoms. The lowest BCUT2D eigenvalue weighted by molar-refractivity contribution is -0.384. The van der Waals surface area contributed by atoms with Gasteiger partial charge in [-0.05, 0) is 12.1 Å². The zero-order valence-corrected chi connectivity index (χ0v) is 11.2. The maximum Gasteiger partial charge on any atom is 0.269 e. The Morgan fingerprint density at radius 2 is 2.11 bits per heavy atom. The summed E-state index contributed by atoms with van der Waals surface area (Å²) in [6.45, 7) is 0.413. The first-order chi connectivity index (χ1) is 9.04. The summed E-state index contributed by atoms with van der Waals surface area (Å²) in [6.07, 6.45) is 0.310. The third-order valence-corrected chi connectivity index (χ3v) is 3.39. The van der Waals surface area contributed by atoms with Crippen molar-refractivity contribution in [3.8, 4) is 6.07 Å². The molecule has 0 aliphatic heterocycles. The predicted molar refractivity (Wildman–Crippen MR) is 71.7 cm³/mol. The minimum Gasteiger partial charge on any atom is -0.344 e. The summed E-state index contributed by atoms with van der Waals surface area (Å²) in [5.41, 5.74) is 0.0295. The van der Waals surface area contributed by atoms with Crippen molar-refractivity contribution in [3.63, 3.8) is 0 Å². The number of rotatable bonds is 6. The van der Waals surface area contributed by atoms with Crippen LogP contribution in [-0.2, 0) is 4.79 Å². The van der Waals surface area contributed by atoms with Crippen LogP contribution in [-0.4, -0.2) is 35.1 Å². The molecule has 1 aromatic rings. The molecule has 0 N–H and O–H groups in total. The Morgan fingerprint density at radius 3 is 2.63 bits per heavy atom. The molecule has 19 heavy (non-hydrogen) atoms. The van der Waals surface area contributed by atoms with Crippen molar-refractivity contribution < 1.29 is 9.72 Å². The summed E-state index contributed by atoms with van der Waals surface area (Å²) in [5.74, 6) is 0.179. The third-order valence-electron chi connectivity index (χ3n) is 2.39. The summed E-state index contributed by atoms with van der Waals surface area (Å²) in [4.78, 5) is 24.0. The van der Waals surface area contributed by atoms with Gasteiger partial charge in [0.25, 0.3) is 5.69 Å². The van der Waals surface area contributed by atoms with Crippen LogP contribution in [0.15, 0.2) is 29.2 Å². The standard InChI is InChI=1S/C12H13N3O3S/c1-14(8-2-7-13)12(16)9-19-11-5-3-10(4-6-11)15(17)18/h3-6H,2,8-9H2,1H3. The summed E-state index contributed by atoms with van der Waals surface area (Å²) in [6, 6.07) is 8.03. The molecule has 7 heteroatoms. The predicted octanol–water partition coefficient (Wildman–Crippen LogP) is 2.06. The number of nitro benzene ring substituents is 1. The van der Waals surface area contributed by atoms with E-state index in [4.69, 9.17) is 5.26 Å². The molecule has 0 unspecified atom stereocenters. The van der Waals surface area contributed by atoms with Crippen LogP contribution < -0.4 is 0 Å². The Kier molecular flexibility index (Phi) is 5.82. The number of amides is 1. The van der Waals surface area contributed by atoms with Gasteiger partial charge in [-0.2, -0.15) is 5.26 Å². The van der Waals surface area contributed by atoms with E-state index in [-0.39, 0.29) is 17.3 Å². The lowest BCUT2D eigenvalue weighted by Crippen LogP contribution is -2.29. The first-order valence-corrected chi connectivity index (χ1v) is 6.51. The van der Waals surface area contributed by atoms with Crippen LogP contribution in [0.2, 0.25) is 0 Å². The molecule has 0 aromatic heterocycles. The number of non-ortho nitro benzene ring substituents is 1. The second-order valence-electron chi connectivity index (χ2n) is 3.76. The molecule has 0 saturated heterocycles. The van der Waals surface area contributed by atoms with Crippen LogP contribution in [0.1, 0.15) is 6.42 Å². The van der Waals surface area contributed by atoms with Crippen LogP contribution in [0, 0.1) is 21.4 Å². The zero-order valence-electron chi connectivity index (χ0n) is 10.4. The normalized spacial score (nSPS) is 9.68. The van der Waals surface area contributed by atoms with Gasteiger partial charge >= 0.3 is 0 Å². The average molecular weight is 279 g/mol. The molecule has 6 nitrogen and oxygen atoms in total. The van der Waals surface area contributed by atoms with E-state index >= 15 is 0 Å². The highest BCUT2D eigenvalue weighted by atomic mass is 32.2. The fourth-order valence-corrected chi connectivity index (χ4v) is 2.10. The van der Waals surface area contributed by atoms with Crippen LogP contribution in [0.25, 0.3) is 0 Å². The van der Waals surface area contributed by atoms with Gasteiger partial charge in [-0.25, -0.2) is 0 Å². The molecule has 100 valence electrons. The number of nitro groups is 1. The number of carbonyl (C=O) groups is 1.